The molecule has 1 aromatic rings. The largest absolute Gasteiger partial charge is 0.484 e. The predicted octanol–water partition coefficient (Wildman–Crippen LogP) is -0.245. The first kappa shape index (κ1) is 15.5. The number of piperidine rings is 1. The van der Waals surface area contributed by atoms with E-state index in [1.165, 1.54) is 0 Å². The third kappa shape index (κ3) is 1.99. The van der Waals surface area contributed by atoms with Gasteiger partial charge in [0, 0.05) is 25.1 Å². The number of hydrogen-bond acceptors (Lipinski definition) is 6. The minimum Gasteiger partial charge on any atom is -0.484 e. The van der Waals surface area contributed by atoms with Gasteiger partial charge in [-0.1, -0.05) is 0 Å². The zero-order valence-corrected chi connectivity index (χ0v) is 14.0. The fourth-order valence-corrected chi connectivity index (χ4v) is 4.24. The fourth-order valence-electron chi connectivity index (χ4n) is 4.24. The molecule has 0 aliphatic carbocycles. The van der Waals surface area contributed by atoms with Crippen LogP contribution in [0, 0.1) is 0 Å². The third-order valence-electron chi connectivity index (χ3n) is 5.72. The summed E-state index contributed by atoms with van der Waals surface area (Å²) in [6, 6.07) is 2.40. The summed E-state index contributed by atoms with van der Waals surface area (Å²) in [4.78, 5) is 50.3. The molecule has 2 saturated heterocycles. The number of amides is 4. The van der Waals surface area contributed by atoms with Crippen molar-refractivity contribution in [1.29, 1.82) is 0 Å². The van der Waals surface area contributed by atoms with Crippen LogP contribution < -0.4 is 15.4 Å². The minimum absolute atomic E-state index is 0.112. The highest BCUT2D eigenvalue weighted by Gasteiger charge is 2.48. The summed E-state index contributed by atoms with van der Waals surface area (Å²) in [6.45, 7) is 1.55. The van der Waals surface area contributed by atoms with Crippen molar-refractivity contribution in [3.05, 3.63) is 28.8 Å². The molecule has 0 radical (unpaired) electrons. The Morgan fingerprint density at radius 3 is 2.58 bits per heavy atom. The Bertz CT molecular complexity index is 889. The Balaban J connectivity index is 1.52. The van der Waals surface area contributed by atoms with Gasteiger partial charge >= 0.3 is 0 Å². The molecule has 134 valence electrons. The van der Waals surface area contributed by atoms with Gasteiger partial charge in [-0.05, 0) is 31.4 Å². The van der Waals surface area contributed by atoms with E-state index in [1.54, 1.807) is 12.1 Å². The first-order chi connectivity index (χ1) is 12.5. The second-order valence-corrected chi connectivity index (χ2v) is 7.30. The van der Waals surface area contributed by atoms with Crippen molar-refractivity contribution in [3.8, 4) is 5.75 Å². The molecule has 4 amide bonds. The molecule has 0 saturated carbocycles. The van der Waals surface area contributed by atoms with Gasteiger partial charge in [-0.15, -0.1) is 0 Å². The number of imide groups is 2. The Morgan fingerprint density at radius 2 is 1.88 bits per heavy atom. The summed E-state index contributed by atoms with van der Waals surface area (Å²) in [6.07, 6.45) is 1.70. The molecule has 5 rings (SSSR count). The topological polar surface area (TPSA) is 105 Å². The normalized spacial score (nSPS) is 26.2. The second kappa shape index (κ2) is 5.14. The van der Waals surface area contributed by atoms with Gasteiger partial charge < -0.3 is 10.1 Å². The Hall–Kier alpha value is -2.74. The molecule has 8 heteroatoms. The smallest absolute Gasteiger partial charge is 0.262 e. The molecule has 4 aliphatic heterocycles. The van der Waals surface area contributed by atoms with Crippen molar-refractivity contribution >= 4 is 23.6 Å². The average molecular weight is 355 g/mol. The summed E-state index contributed by atoms with van der Waals surface area (Å²) in [5.74, 6) is -1.29. The summed E-state index contributed by atoms with van der Waals surface area (Å²) in [5, 5.41) is 5.41. The van der Waals surface area contributed by atoms with Crippen molar-refractivity contribution in [1.82, 2.24) is 15.5 Å². The van der Waals surface area contributed by atoms with Gasteiger partial charge in [-0.25, -0.2) is 0 Å². The maximum Gasteiger partial charge on any atom is 0.262 e. The molecule has 1 unspecified atom stereocenters. The fraction of sp³-hybridized carbons (Fsp3) is 0.444. The number of carbonyl (C=O) groups excluding carboxylic acids is 4. The second-order valence-electron chi connectivity index (χ2n) is 7.30. The van der Waals surface area contributed by atoms with Crippen molar-refractivity contribution in [2.24, 2.45) is 0 Å². The van der Waals surface area contributed by atoms with E-state index in [9.17, 15) is 19.2 Å². The molecular weight excluding hydrogens is 338 g/mol. The number of fused-ring (bicyclic) bond motifs is 3. The lowest BCUT2D eigenvalue weighted by molar-refractivity contribution is -0.136. The SMILES string of the molecule is O=C1CCC(N2C(=O)c3ccc4c(c3C2=O)CCC2(CNC2)O4)C(=O)N1. The van der Waals surface area contributed by atoms with Crippen LogP contribution in [0.15, 0.2) is 12.1 Å². The van der Waals surface area contributed by atoms with E-state index in [4.69, 9.17) is 4.74 Å². The van der Waals surface area contributed by atoms with Crippen LogP contribution in [0.2, 0.25) is 0 Å². The van der Waals surface area contributed by atoms with E-state index in [0.717, 1.165) is 30.0 Å². The molecule has 2 fully saturated rings. The molecule has 4 heterocycles. The van der Waals surface area contributed by atoms with Gasteiger partial charge in [-0.3, -0.25) is 29.4 Å². The molecule has 1 atom stereocenters. The quantitative estimate of drug-likeness (QED) is 0.674. The number of hydrogen-bond donors (Lipinski definition) is 2. The molecule has 0 aromatic heterocycles. The van der Waals surface area contributed by atoms with Gasteiger partial charge in [0.2, 0.25) is 11.8 Å². The van der Waals surface area contributed by atoms with E-state index < -0.39 is 23.8 Å². The van der Waals surface area contributed by atoms with E-state index in [2.05, 4.69) is 10.6 Å². The molecule has 8 nitrogen and oxygen atoms in total. The average Bonchev–Trinajstić information content (AvgIpc) is 2.84. The number of ether oxygens (including phenoxy) is 1. The van der Waals surface area contributed by atoms with Gasteiger partial charge in [0.05, 0.1) is 11.1 Å². The molecule has 0 bridgehead atoms. The van der Waals surface area contributed by atoms with Crippen LogP contribution in [0.4, 0.5) is 0 Å². The lowest BCUT2D eigenvalue weighted by Gasteiger charge is -2.46. The van der Waals surface area contributed by atoms with Gasteiger partial charge in [-0.2, -0.15) is 0 Å². The van der Waals surface area contributed by atoms with Gasteiger partial charge in [0.25, 0.3) is 11.8 Å². The van der Waals surface area contributed by atoms with E-state index in [-0.39, 0.29) is 24.3 Å². The van der Waals surface area contributed by atoms with Crippen molar-refractivity contribution < 1.29 is 23.9 Å². The first-order valence-electron chi connectivity index (χ1n) is 8.76. The monoisotopic (exact) mass is 355 g/mol. The lowest BCUT2D eigenvalue weighted by Crippen LogP contribution is -2.64. The zero-order valence-electron chi connectivity index (χ0n) is 14.0. The molecule has 26 heavy (non-hydrogen) atoms. The number of rotatable bonds is 1. The van der Waals surface area contributed by atoms with Gasteiger partial charge in [0.1, 0.15) is 17.4 Å². The molecule has 1 aromatic carbocycles. The highest BCUT2D eigenvalue weighted by atomic mass is 16.5. The van der Waals surface area contributed by atoms with E-state index in [1.807, 2.05) is 0 Å². The highest BCUT2D eigenvalue weighted by Crippen LogP contribution is 2.41. The molecule has 2 N–H and O–H groups in total. The van der Waals surface area contributed by atoms with Crippen molar-refractivity contribution in [3.63, 3.8) is 0 Å². The van der Waals surface area contributed by atoms with E-state index in [0.29, 0.717) is 23.3 Å². The van der Waals surface area contributed by atoms with Crippen LogP contribution in [-0.4, -0.2) is 53.3 Å². The van der Waals surface area contributed by atoms with Gasteiger partial charge in [0.15, 0.2) is 0 Å². The molecular formula is C18H17N3O5. The summed E-state index contributed by atoms with van der Waals surface area (Å²) in [7, 11) is 0. The molecule has 1 spiro atoms. The standard InChI is InChI=1S/C18H17N3O5/c22-13-4-2-11(15(23)20-13)21-16(24)10-1-3-12-9(14(10)17(21)25)5-6-18(26-12)7-19-8-18/h1,3,11,19H,2,4-8H2,(H,20,22,23). The van der Waals surface area contributed by atoms with Crippen molar-refractivity contribution in [2.75, 3.05) is 13.1 Å². The Morgan fingerprint density at radius 1 is 1.08 bits per heavy atom. The summed E-state index contributed by atoms with van der Waals surface area (Å²) >= 11 is 0. The predicted molar refractivity (Wildman–Crippen MR) is 87.7 cm³/mol. The van der Waals surface area contributed by atoms with Crippen LogP contribution in [0.3, 0.4) is 0 Å². The van der Waals surface area contributed by atoms with Crippen molar-refractivity contribution in [2.45, 2.75) is 37.3 Å². The number of benzene rings is 1. The maximum absolute atomic E-state index is 13.0. The van der Waals surface area contributed by atoms with E-state index >= 15 is 0 Å². The maximum atomic E-state index is 13.0. The Labute approximate surface area is 148 Å². The van der Waals surface area contributed by atoms with Crippen LogP contribution in [0.5, 0.6) is 5.75 Å². The van der Waals surface area contributed by atoms with Crippen LogP contribution in [0.25, 0.3) is 0 Å². The third-order valence-corrected chi connectivity index (χ3v) is 5.72. The van der Waals surface area contributed by atoms with Crippen LogP contribution in [-0.2, 0) is 16.0 Å². The number of nitrogens with one attached hydrogen (secondary N) is 2. The number of nitrogens with zero attached hydrogens (tertiary/aromatic N) is 1. The number of carbonyl (C=O) groups is 4. The minimum atomic E-state index is -0.942. The zero-order chi connectivity index (χ0) is 18.1. The first-order valence-corrected chi connectivity index (χ1v) is 8.76. The van der Waals surface area contributed by atoms with Crippen LogP contribution >= 0.6 is 0 Å². The summed E-state index contributed by atoms with van der Waals surface area (Å²) < 4.78 is 6.11. The lowest BCUT2D eigenvalue weighted by atomic mass is 9.84. The molecule has 4 aliphatic rings. The van der Waals surface area contributed by atoms with Crippen LogP contribution in [0.1, 0.15) is 45.5 Å². The highest BCUT2D eigenvalue weighted by molar-refractivity contribution is 6.24. The summed E-state index contributed by atoms with van der Waals surface area (Å²) in [5.41, 5.74) is 1.19. The Kier molecular flexibility index (Phi) is 3.06.